The largest absolute Gasteiger partial charge is 0.492 e. The third kappa shape index (κ3) is 2.97. The summed E-state index contributed by atoms with van der Waals surface area (Å²) in [5.41, 5.74) is 6.60. The second-order valence-electron chi connectivity index (χ2n) is 4.74. The first-order valence-electron chi connectivity index (χ1n) is 6.76. The average Bonchev–Trinajstić information content (AvgIpc) is 2.48. The van der Waals surface area contributed by atoms with Crippen molar-refractivity contribution < 1.29 is 9.47 Å². The van der Waals surface area contributed by atoms with Crippen LogP contribution in [0.25, 0.3) is 10.9 Å². The number of nitrogen functional groups attached to an aromatic ring is 1. The summed E-state index contributed by atoms with van der Waals surface area (Å²) in [4.78, 5) is 10.5. The van der Waals surface area contributed by atoms with Gasteiger partial charge in [-0.25, -0.2) is 9.97 Å². The maximum Gasteiger partial charge on any atom is 0.134 e. The Balaban J connectivity index is 1.60. The van der Waals surface area contributed by atoms with E-state index in [9.17, 15) is 0 Å². The van der Waals surface area contributed by atoms with Crippen LogP contribution in [0, 0.1) is 0 Å². The first kappa shape index (κ1) is 13.1. The summed E-state index contributed by atoms with van der Waals surface area (Å²) in [5, 5.41) is 0.855. The topological polar surface area (TPSA) is 73.5 Å². The van der Waals surface area contributed by atoms with Crippen LogP contribution in [0.4, 0.5) is 5.82 Å². The summed E-state index contributed by atoms with van der Waals surface area (Å²) in [7, 11) is 0. The van der Waals surface area contributed by atoms with Crippen LogP contribution >= 0.6 is 0 Å². The summed E-state index contributed by atoms with van der Waals surface area (Å²) < 4.78 is 11.1. The smallest absolute Gasteiger partial charge is 0.134 e. The van der Waals surface area contributed by atoms with Gasteiger partial charge in [0.05, 0.1) is 18.7 Å². The van der Waals surface area contributed by atoms with E-state index in [0.29, 0.717) is 12.4 Å². The maximum atomic E-state index is 5.79. The van der Waals surface area contributed by atoms with Crippen molar-refractivity contribution in [2.75, 3.05) is 45.2 Å². The molecular formula is C14H18N4O2. The molecular weight excluding hydrogens is 256 g/mol. The van der Waals surface area contributed by atoms with Crippen LogP contribution in [0.2, 0.25) is 0 Å². The molecule has 1 aliphatic heterocycles. The Morgan fingerprint density at radius 3 is 2.95 bits per heavy atom. The highest BCUT2D eigenvalue weighted by atomic mass is 16.5. The van der Waals surface area contributed by atoms with Crippen LogP contribution in [-0.4, -0.2) is 54.3 Å². The Morgan fingerprint density at radius 2 is 2.10 bits per heavy atom. The molecule has 0 spiro atoms. The van der Waals surface area contributed by atoms with E-state index in [0.717, 1.165) is 49.5 Å². The molecule has 1 saturated heterocycles. The number of ether oxygens (including phenoxy) is 2. The van der Waals surface area contributed by atoms with Gasteiger partial charge in [0, 0.05) is 31.1 Å². The summed E-state index contributed by atoms with van der Waals surface area (Å²) in [5.74, 6) is 1.30. The van der Waals surface area contributed by atoms with E-state index < -0.39 is 0 Å². The van der Waals surface area contributed by atoms with E-state index in [2.05, 4.69) is 14.9 Å². The quantitative estimate of drug-likeness (QED) is 0.894. The van der Waals surface area contributed by atoms with Crippen molar-refractivity contribution in [2.45, 2.75) is 0 Å². The monoisotopic (exact) mass is 274 g/mol. The minimum atomic E-state index is 0.495. The molecule has 0 amide bonds. The van der Waals surface area contributed by atoms with Gasteiger partial charge in [-0.1, -0.05) is 0 Å². The maximum absolute atomic E-state index is 5.79. The molecule has 1 fully saturated rings. The molecule has 0 aliphatic carbocycles. The number of nitrogens with two attached hydrogens (primary N) is 1. The van der Waals surface area contributed by atoms with Gasteiger partial charge in [-0.15, -0.1) is 0 Å². The zero-order valence-electron chi connectivity index (χ0n) is 11.3. The lowest BCUT2D eigenvalue weighted by Gasteiger charge is -2.26. The van der Waals surface area contributed by atoms with Gasteiger partial charge < -0.3 is 15.2 Å². The number of fused-ring (bicyclic) bond motifs is 1. The van der Waals surface area contributed by atoms with Gasteiger partial charge in [-0.3, -0.25) is 4.90 Å². The normalized spacial score (nSPS) is 16.4. The first-order valence-corrected chi connectivity index (χ1v) is 6.76. The number of benzene rings is 1. The van der Waals surface area contributed by atoms with Crippen molar-refractivity contribution in [1.29, 1.82) is 0 Å². The Morgan fingerprint density at radius 1 is 1.25 bits per heavy atom. The Kier molecular flexibility index (Phi) is 3.94. The molecule has 2 aromatic rings. The van der Waals surface area contributed by atoms with Gasteiger partial charge >= 0.3 is 0 Å². The van der Waals surface area contributed by atoms with E-state index in [1.807, 2.05) is 18.2 Å². The van der Waals surface area contributed by atoms with Gasteiger partial charge in [0.1, 0.15) is 24.5 Å². The van der Waals surface area contributed by atoms with Crippen molar-refractivity contribution in [3.63, 3.8) is 0 Å². The Bertz CT molecular complexity index is 584. The third-order valence-electron chi connectivity index (χ3n) is 3.42. The van der Waals surface area contributed by atoms with Crippen molar-refractivity contribution in [3.05, 3.63) is 24.5 Å². The first-order chi connectivity index (χ1) is 9.83. The molecule has 2 heterocycles. The molecule has 6 heteroatoms. The average molecular weight is 274 g/mol. The minimum Gasteiger partial charge on any atom is -0.492 e. The van der Waals surface area contributed by atoms with Crippen LogP contribution in [0.1, 0.15) is 0 Å². The van der Waals surface area contributed by atoms with Gasteiger partial charge in [-0.2, -0.15) is 0 Å². The van der Waals surface area contributed by atoms with Crippen LogP contribution in [0.15, 0.2) is 24.5 Å². The van der Waals surface area contributed by atoms with Gasteiger partial charge in [-0.05, 0) is 12.1 Å². The molecule has 106 valence electrons. The van der Waals surface area contributed by atoms with E-state index >= 15 is 0 Å². The highest BCUT2D eigenvalue weighted by Gasteiger charge is 2.10. The van der Waals surface area contributed by atoms with Crippen molar-refractivity contribution in [3.8, 4) is 5.75 Å². The van der Waals surface area contributed by atoms with Crippen LogP contribution < -0.4 is 10.5 Å². The van der Waals surface area contributed by atoms with Crippen molar-refractivity contribution in [1.82, 2.24) is 14.9 Å². The summed E-state index contributed by atoms with van der Waals surface area (Å²) in [6.45, 7) is 5.15. The zero-order valence-corrected chi connectivity index (χ0v) is 11.3. The van der Waals surface area contributed by atoms with Gasteiger partial charge in [0.2, 0.25) is 0 Å². The van der Waals surface area contributed by atoms with E-state index in [1.54, 1.807) is 0 Å². The van der Waals surface area contributed by atoms with Crippen molar-refractivity contribution >= 4 is 16.7 Å². The molecule has 3 rings (SSSR count). The lowest BCUT2D eigenvalue weighted by Crippen LogP contribution is -2.38. The fraction of sp³-hybridized carbons (Fsp3) is 0.429. The lowest BCUT2D eigenvalue weighted by atomic mass is 10.2. The second kappa shape index (κ2) is 6.02. The second-order valence-corrected chi connectivity index (χ2v) is 4.74. The number of morpholine rings is 1. The van der Waals surface area contributed by atoms with E-state index in [4.69, 9.17) is 15.2 Å². The van der Waals surface area contributed by atoms with E-state index in [-0.39, 0.29) is 0 Å². The molecule has 0 atom stereocenters. The standard InChI is InChI=1S/C14H18N4O2/c15-14-12-2-1-11(9-13(12)16-10-17-14)20-8-5-18-3-6-19-7-4-18/h1-2,9-10H,3-8H2,(H2,15,16,17). The number of hydrogen-bond acceptors (Lipinski definition) is 6. The van der Waals surface area contributed by atoms with Gasteiger partial charge in [0.15, 0.2) is 0 Å². The Hall–Kier alpha value is -1.92. The van der Waals surface area contributed by atoms with E-state index in [1.165, 1.54) is 6.33 Å². The number of nitrogens with zero attached hydrogens (tertiary/aromatic N) is 3. The van der Waals surface area contributed by atoms with Gasteiger partial charge in [0.25, 0.3) is 0 Å². The molecule has 0 radical (unpaired) electrons. The van der Waals surface area contributed by atoms with Crippen LogP contribution in [0.3, 0.4) is 0 Å². The molecule has 1 aromatic carbocycles. The molecule has 1 aliphatic rings. The fourth-order valence-corrected chi connectivity index (χ4v) is 2.26. The SMILES string of the molecule is Nc1ncnc2cc(OCCN3CCOCC3)ccc12. The number of anilines is 1. The Labute approximate surface area is 117 Å². The summed E-state index contributed by atoms with van der Waals surface area (Å²) in [6.07, 6.45) is 1.47. The van der Waals surface area contributed by atoms with Crippen LogP contribution in [-0.2, 0) is 4.74 Å². The minimum absolute atomic E-state index is 0.495. The molecule has 2 N–H and O–H groups in total. The molecule has 0 saturated carbocycles. The molecule has 1 aromatic heterocycles. The fourth-order valence-electron chi connectivity index (χ4n) is 2.26. The zero-order chi connectivity index (χ0) is 13.8. The third-order valence-corrected chi connectivity index (χ3v) is 3.42. The summed E-state index contributed by atoms with van der Waals surface area (Å²) >= 11 is 0. The summed E-state index contributed by atoms with van der Waals surface area (Å²) in [6, 6.07) is 5.70. The van der Waals surface area contributed by atoms with Crippen LogP contribution in [0.5, 0.6) is 5.75 Å². The number of hydrogen-bond donors (Lipinski definition) is 1. The molecule has 0 bridgehead atoms. The molecule has 0 unspecified atom stereocenters. The van der Waals surface area contributed by atoms with Crippen molar-refractivity contribution in [2.24, 2.45) is 0 Å². The predicted molar refractivity (Wildman–Crippen MR) is 76.7 cm³/mol. The molecule has 20 heavy (non-hydrogen) atoms. The number of aromatic nitrogens is 2. The number of rotatable bonds is 4. The molecule has 6 nitrogen and oxygen atoms in total. The lowest BCUT2D eigenvalue weighted by molar-refractivity contribution is 0.0322. The highest BCUT2D eigenvalue weighted by Crippen LogP contribution is 2.21. The highest BCUT2D eigenvalue weighted by molar-refractivity contribution is 5.88. The predicted octanol–water partition coefficient (Wildman–Crippen LogP) is 0.923.